The second-order valence-corrected chi connectivity index (χ2v) is 12.1. The SMILES string of the molecule is C=CCO[C@H]1O[C@H](C(=O)Nc2ccc(NC(=O)[C@H]3O[C@H](OCC=C)[C@H](OC(C)=O)[C@@H](OC(C)=O)[C@@H]3OC(C)=O)cc2)[C@@H](OC(C)=O)[C@H](OC(C)=O)[C@H]1OC(C)=O. The molecule has 20 nitrogen and oxygen atoms in total. The van der Waals surface area contributed by atoms with E-state index in [1.165, 1.54) is 36.4 Å². The summed E-state index contributed by atoms with van der Waals surface area (Å²) in [5.74, 6) is -6.88. The quantitative estimate of drug-likeness (QED) is 0.135. The summed E-state index contributed by atoms with van der Waals surface area (Å²) < 4.78 is 54.9. The second-order valence-electron chi connectivity index (χ2n) is 12.1. The molecule has 2 N–H and O–H groups in total. The topological polar surface area (TPSA) is 253 Å². The van der Waals surface area contributed by atoms with Crippen LogP contribution in [0.25, 0.3) is 0 Å². The molecular weight excluding hydrogens is 748 g/mol. The molecule has 0 aliphatic carbocycles. The number of ether oxygens (including phenoxy) is 10. The predicted octanol–water partition coefficient (Wildman–Crippen LogP) is 1.01. The van der Waals surface area contributed by atoms with Crippen LogP contribution in [0.1, 0.15) is 41.5 Å². The maximum absolute atomic E-state index is 13.7. The van der Waals surface area contributed by atoms with Gasteiger partial charge in [0.25, 0.3) is 11.8 Å². The Morgan fingerprint density at radius 2 is 0.768 bits per heavy atom. The second kappa shape index (κ2) is 20.8. The Balaban J connectivity index is 1.88. The number of nitrogens with one attached hydrogen (secondary N) is 2. The number of rotatable bonds is 16. The van der Waals surface area contributed by atoms with E-state index in [0.29, 0.717) is 0 Å². The Kier molecular flexibility index (Phi) is 16.6. The summed E-state index contributed by atoms with van der Waals surface area (Å²) in [5, 5.41) is 5.15. The van der Waals surface area contributed by atoms with E-state index >= 15 is 0 Å². The molecule has 2 fully saturated rings. The molecule has 2 heterocycles. The standard InChI is InChI=1S/C36H44N2O18/c1-9-15-47-35-31(53-21(7)43)27(51-19(5)41)25(49-17(3)39)29(55-35)33(45)37-23-11-13-24(14-12-23)38-34(46)30-26(50-18(4)40)28(52-20(6)42)32(54-22(8)44)36(56-30)48-16-10-2/h9-14,25-32,35-36H,1-2,15-16H2,3-8H3,(H,37,45)(H,38,46)/t25-,26-,27-,28-,29-,30-,31+,32+,35-,36-/m0/s1. The zero-order chi connectivity index (χ0) is 41.7. The van der Waals surface area contributed by atoms with E-state index in [2.05, 4.69) is 23.8 Å². The number of hydrogen-bond donors (Lipinski definition) is 2. The van der Waals surface area contributed by atoms with Crippen LogP contribution in [0.3, 0.4) is 0 Å². The first kappa shape index (κ1) is 44.7. The highest BCUT2D eigenvalue weighted by Crippen LogP contribution is 2.32. The summed E-state index contributed by atoms with van der Waals surface area (Å²) in [6.45, 7) is 13.2. The summed E-state index contributed by atoms with van der Waals surface area (Å²) >= 11 is 0. The summed E-state index contributed by atoms with van der Waals surface area (Å²) in [4.78, 5) is 99.7. The molecule has 0 saturated carbocycles. The molecule has 0 spiro atoms. The fourth-order valence-corrected chi connectivity index (χ4v) is 5.63. The van der Waals surface area contributed by atoms with Gasteiger partial charge in [-0.25, -0.2) is 0 Å². The Labute approximate surface area is 321 Å². The normalized spacial score (nSPS) is 26.9. The van der Waals surface area contributed by atoms with E-state index < -0.39 is 109 Å². The lowest BCUT2D eigenvalue weighted by atomic mass is 9.97. The van der Waals surface area contributed by atoms with Crippen LogP contribution in [0.5, 0.6) is 0 Å². The minimum Gasteiger partial charge on any atom is -0.455 e. The molecule has 2 aliphatic heterocycles. The van der Waals surface area contributed by atoms with E-state index in [1.54, 1.807) is 0 Å². The van der Waals surface area contributed by atoms with E-state index in [-0.39, 0.29) is 24.6 Å². The molecular formula is C36H44N2O18. The first-order valence-electron chi connectivity index (χ1n) is 17.0. The molecule has 20 heteroatoms. The van der Waals surface area contributed by atoms with Gasteiger partial charge in [0, 0.05) is 52.9 Å². The van der Waals surface area contributed by atoms with Gasteiger partial charge in [-0.2, -0.15) is 0 Å². The van der Waals surface area contributed by atoms with Gasteiger partial charge in [0.2, 0.25) is 0 Å². The van der Waals surface area contributed by atoms with Crippen molar-refractivity contribution in [3.63, 3.8) is 0 Å². The molecule has 10 atom stereocenters. The summed E-state index contributed by atoms with van der Waals surface area (Å²) in [5.41, 5.74) is 0.272. The van der Waals surface area contributed by atoms with Crippen LogP contribution in [0.4, 0.5) is 11.4 Å². The van der Waals surface area contributed by atoms with Gasteiger partial charge in [-0.1, -0.05) is 12.2 Å². The van der Waals surface area contributed by atoms with Gasteiger partial charge in [-0.05, 0) is 24.3 Å². The number of carbonyl (C=O) groups is 8. The number of amides is 2. The minimum absolute atomic E-state index is 0.136. The van der Waals surface area contributed by atoms with E-state index in [4.69, 9.17) is 47.4 Å². The van der Waals surface area contributed by atoms with Crippen molar-refractivity contribution in [2.75, 3.05) is 23.8 Å². The third kappa shape index (κ3) is 12.7. The van der Waals surface area contributed by atoms with Crippen LogP contribution < -0.4 is 10.6 Å². The maximum Gasteiger partial charge on any atom is 0.303 e. The molecule has 306 valence electrons. The van der Waals surface area contributed by atoms with Crippen LogP contribution >= 0.6 is 0 Å². The molecule has 2 aliphatic rings. The van der Waals surface area contributed by atoms with Crippen molar-refractivity contribution in [1.29, 1.82) is 0 Å². The third-order valence-corrected chi connectivity index (χ3v) is 7.50. The van der Waals surface area contributed by atoms with Crippen molar-refractivity contribution in [3.05, 3.63) is 49.6 Å². The van der Waals surface area contributed by atoms with E-state index in [9.17, 15) is 38.4 Å². The number of anilines is 2. The lowest BCUT2D eigenvalue weighted by Crippen LogP contribution is -2.64. The smallest absolute Gasteiger partial charge is 0.303 e. The fraction of sp³-hybridized carbons (Fsp3) is 0.500. The fourth-order valence-electron chi connectivity index (χ4n) is 5.63. The van der Waals surface area contributed by atoms with Crippen LogP contribution in [-0.2, 0) is 85.7 Å². The van der Waals surface area contributed by atoms with Crippen molar-refractivity contribution in [2.45, 2.75) is 103 Å². The van der Waals surface area contributed by atoms with Crippen LogP contribution in [-0.4, -0.2) is 122 Å². The Morgan fingerprint density at radius 1 is 0.500 bits per heavy atom. The largest absolute Gasteiger partial charge is 0.455 e. The molecule has 56 heavy (non-hydrogen) atoms. The molecule has 1 aromatic rings. The molecule has 3 rings (SSSR count). The Bertz CT molecular complexity index is 1530. The van der Waals surface area contributed by atoms with Gasteiger partial charge in [-0.3, -0.25) is 38.4 Å². The Hall–Kier alpha value is -5.70. The van der Waals surface area contributed by atoms with Crippen molar-refractivity contribution >= 4 is 59.0 Å². The molecule has 2 amide bonds. The lowest BCUT2D eigenvalue weighted by Gasteiger charge is -2.43. The highest BCUT2D eigenvalue weighted by Gasteiger charge is 2.56. The maximum atomic E-state index is 13.7. The number of carbonyl (C=O) groups excluding carboxylic acids is 8. The van der Waals surface area contributed by atoms with Crippen molar-refractivity contribution in [2.24, 2.45) is 0 Å². The third-order valence-electron chi connectivity index (χ3n) is 7.50. The molecule has 0 unspecified atom stereocenters. The van der Waals surface area contributed by atoms with Gasteiger partial charge >= 0.3 is 35.8 Å². The zero-order valence-corrected chi connectivity index (χ0v) is 31.4. The van der Waals surface area contributed by atoms with Gasteiger partial charge in [-0.15, -0.1) is 13.2 Å². The zero-order valence-electron chi connectivity index (χ0n) is 31.4. The number of hydrogen-bond acceptors (Lipinski definition) is 18. The molecule has 2 saturated heterocycles. The number of esters is 6. The van der Waals surface area contributed by atoms with E-state index in [1.807, 2.05) is 0 Å². The number of benzene rings is 1. The molecule has 1 aromatic carbocycles. The van der Waals surface area contributed by atoms with Gasteiger partial charge in [0.05, 0.1) is 13.2 Å². The average Bonchev–Trinajstić information content (AvgIpc) is 3.09. The van der Waals surface area contributed by atoms with Crippen LogP contribution in [0.15, 0.2) is 49.6 Å². The molecule has 0 radical (unpaired) electrons. The average molecular weight is 793 g/mol. The minimum atomic E-state index is -1.68. The summed E-state index contributed by atoms with van der Waals surface area (Å²) in [7, 11) is 0. The molecule has 0 aromatic heterocycles. The van der Waals surface area contributed by atoms with Gasteiger partial charge < -0.3 is 58.0 Å². The van der Waals surface area contributed by atoms with Crippen LogP contribution in [0.2, 0.25) is 0 Å². The summed E-state index contributed by atoms with van der Waals surface area (Å²) in [6, 6.07) is 5.48. The van der Waals surface area contributed by atoms with Crippen molar-refractivity contribution < 1.29 is 85.7 Å². The van der Waals surface area contributed by atoms with Gasteiger partial charge in [0.15, 0.2) is 61.4 Å². The first-order chi connectivity index (χ1) is 26.4. The lowest BCUT2D eigenvalue weighted by molar-refractivity contribution is -0.295. The monoisotopic (exact) mass is 792 g/mol. The highest BCUT2D eigenvalue weighted by atomic mass is 16.7. The molecule has 0 bridgehead atoms. The first-order valence-corrected chi connectivity index (χ1v) is 17.0. The van der Waals surface area contributed by atoms with E-state index in [0.717, 1.165) is 41.5 Å². The Morgan fingerprint density at radius 3 is 1.04 bits per heavy atom. The highest BCUT2D eigenvalue weighted by molar-refractivity contribution is 5.97. The summed E-state index contributed by atoms with van der Waals surface area (Å²) in [6.07, 6.45) is -12.8. The van der Waals surface area contributed by atoms with Crippen molar-refractivity contribution in [3.8, 4) is 0 Å². The van der Waals surface area contributed by atoms with Gasteiger partial charge in [0.1, 0.15) is 0 Å². The van der Waals surface area contributed by atoms with Crippen LogP contribution in [0, 0.1) is 0 Å². The van der Waals surface area contributed by atoms with Crippen molar-refractivity contribution in [1.82, 2.24) is 0 Å². The predicted molar refractivity (Wildman–Crippen MR) is 187 cm³/mol.